The van der Waals surface area contributed by atoms with Gasteiger partial charge in [-0.2, -0.15) is 13.1 Å². The zero-order chi connectivity index (χ0) is 15.4. The molecule has 1 rings (SSSR count). The summed E-state index contributed by atoms with van der Waals surface area (Å²) in [6.07, 6.45) is 1.93. The fourth-order valence-corrected chi connectivity index (χ4v) is 4.09. The van der Waals surface area contributed by atoms with Crippen LogP contribution in [0, 0.1) is 5.92 Å². The molecule has 0 saturated heterocycles. The van der Waals surface area contributed by atoms with Gasteiger partial charge in [-0.1, -0.05) is 19.8 Å². The summed E-state index contributed by atoms with van der Waals surface area (Å²) < 4.78 is 33.1. The molecule has 0 aliphatic heterocycles. The highest BCUT2D eigenvalue weighted by atomic mass is 35.5. The Balaban J connectivity index is 2.70. The standard InChI is InChI=1S/C12H23ClN2O4S/c1-9(2)19-11(16)14-20(17,18)15-12(8-13)6-4-5-10(3)7-12/h9-10,15H,4-8H2,1-3H3,(H,14,16). The average Bonchev–Trinajstić information content (AvgIpc) is 2.25. The second kappa shape index (κ2) is 6.95. The van der Waals surface area contributed by atoms with Gasteiger partial charge >= 0.3 is 16.3 Å². The van der Waals surface area contributed by atoms with Crippen LogP contribution in [0.2, 0.25) is 0 Å². The quantitative estimate of drug-likeness (QED) is 0.758. The maximum atomic E-state index is 12.0. The lowest BCUT2D eigenvalue weighted by molar-refractivity contribution is 0.121. The van der Waals surface area contributed by atoms with Crippen LogP contribution in [-0.2, 0) is 14.9 Å². The fourth-order valence-electron chi connectivity index (χ4n) is 2.56. The Morgan fingerprint density at radius 1 is 1.50 bits per heavy atom. The number of hydrogen-bond donors (Lipinski definition) is 2. The predicted molar refractivity (Wildman–Crippen MR) is 77.9 cm³/mol. The highest BCUT2D eigenvalue weighted by Crippen LogP contribution is 2.33. The van der Waals surface area contributed by atoms with Gasteiger partial charge in [-0.25, -0.2) is 9.52 Å². The summed E-state index contributed by atoms with van der Waals surface area (Å²) in [5, 5.41) is 0. The van der Waals surface area contributed by atoms with E-state index in [9.17, 15) is 13.2 Å². The first kappa shape index (κ1) is 17.5. The Bertz CT molecular complexity index is 441. The molecule has 0 aromatic rings. The Hall–Kier alpha value is -0.530. The summed E-state index contributed by atoms with van der Waals surface area (Å²) in [7, 11) is -3.98. The predicted octanol–water partition coefficient (Wildman–Crippen LogP) is 2.14. The summed E-state index contributed by atoms with van der Waals surface area (Å²) in [4.78, 5) is 11.4. The SMILES string of the molecule is CC1CCCC(CCl)(NS(=O)(=O)NC(=O)OC(C)C)C1. The van der Waals surface area contributed by atoms with Gasteiger partial charge in [-0.15, -0.1) is 11.6 Å². The number of carbonyl (C=O) groups is 1. The molecule has 0 aromatic carbocycles. The molecule has 0 spiro atoms. The van der Waals surface area contributed by atoms with Gasteiger partial charge in [0.05, 0.1) is 6.10 Å². The smallest absolute Gasteiger partial charge is 0.422 e. The van der Waals surface area contributed by atoms with Crippen molar-refractivity contribution in [2.75, 3.05) is 5.88 Å². The molecular formula is C12H23ClN2O4S. The van der Waals surface area contributed by atoms with Crippen molar-refractivity contribution in [2.45, 2.75) is 58.1 Å². The molecule has 118 valence electrons. The van der Waals surface area contributed by atoms with Gasteiger partial charge in [0, 0.05) is 11.4 Å². The molecular weight excluding hydrogens is 304 g/mol. The zero-order valence-corrected chi connectivity index (χ0v) is 13.7. The molecule has 0 bridgehead atoms. The zero-order valence-electron chi connectivity index (χ0n) is 12.1. The first-order valence-electron chi connectivity index (χ1n) is 6.76. The largest absolute Gasteiger partial charge is 0.446 e. The van der Waals surface area contributed by atoms with Gasteiger partial charge in [0.25, 0.3) is 0 Å². The first-order valence-corrected chi connectivity index (χ1v) is 8.78. The molecule has 1 aliphatic carbocycles. The van der Waals surface area contributed by atoms with Crippen molar-refractivity contribution in [3.8, 4) is 0 Å². The van der Waals surface area contributed by atoms with Crippen LogP contribution < -0.4 is 9.44 Å². The number of alkyl halides is 1. The molecule has 0 aromatic heterocycles. The highest BCUT2D eigenvalue weighted by molar-refractivity contribution is 7.88. The molecule has 6 nitrogen and oxygen atoms in total. The number of halogens is 1. The normalized spacial score (nSPS) is 27.4. The maximum absolute atomic E-state index is 12.0. The molecule has 1 aliphatic rings. The van der Waals surface area contributed by atoms with Crippen LogP contribution in [0.25, 0.3) is 0 Å². The van der Waals surface area contributed by atoms with E-state index in [0.29, 0.717) is 18.8 Å². The Kier molecular flexibility index (Phi) is 6.09. The van der Waals surface area contributed by atoms with E-state index in [4.69, 9.17) is 16.3 Å². The van der Waals surface area contributed by atoms with E-state index in [2.05, 4.69) is 11.6 Å². The van der Waals surface area contributed by atoms with Crippen LogP contribution in [0.1, 0.15) is 46.5 Å². The van der Waals surface area contributed by atoms with E-state index < -0.39 is 21.8 Å². The van der Waals surface area contributed by atoms with Gasteiger partial charge in [0.2, 0.25) is 0 Å². The summed E-state index contributed by atoms with van der Waals surface area (Å²) in [5.74, 6) is 0.574. The third-order valence-corrected chi connectivity index (χ3v) is 4.91. The van der Waals surface area contributed by atoms with Crippen molar-refractivity contribution in [1.29, 1.82) is 0 Å². The van der Waals surface area contributed by atoms with Crippen molar-refractivity contribution in [1.82, 2.24) is 9.44 Å². The second-order valence-electron chi connectivity index (χ2n) is 5.78. The summed E-state index contributed by atoms with van der Waals surface area (Å²) >= 11 is 5.96. The lowest BCUT2D eigenvalue weighted by atomic mass is 9.78. The average molecular weight is 327 g/mol. The van der Waals surface area contributed by atoms with Crippen LogP contribution in [0.15, 0.2) is 0 Å². The monoisotopic (exact) mass is 326 g/mol. The van der Waals surface area contributed by atoms with Crippen LogP contribution >= 0.6 is 11.6 Å². The maximum Gasteiger partial charge on any atom is 0.422 e. The minimum atomic E-state index is -3.98. The van der Waals surface area contributed by atoms with Gasteiger partial charge in [-0.05, 0) is 32.6 Å². The molecule has 20 heavy (non-hydrogen) atoms. The van der Waals surface area contributed by atoms with Crippen LogP contribution in [-0.4, -0.2) is 32.0 Å². The van der Waals surface area contributed by atoms with Crippen molar-refractivity contribution in [3.05, 3.63) is 0 Å². The molecule has 1 saturated carbocycles. The number of nitrogens with one attached hydrogen (secondary N) is 2. The molecule has 0 heterocycles. The Labute approximate surface area is 125 Å². The topological polar surface area (TPSA) is 84.5 Å². The van der Waals surface area contributed by atoms with Gasteiger partial charge in [0.1, 0.15) is 0 Å². The van der Waals surface area contributed by atoms with Gasteiger partial charge in [-0.3, -0.25) is 0 Å². The number of amides is 1. The third kappa shape index (κ3) is 5.46. The van der Waals surface area contributed by atoms with E-state index in [1.165, 1.54) is 0 Å². The molecule has 0 radical (unpaired) electrons. The number of carbonyl (C=O) groups excluding carboxylic acids is 1. The Morgan fingerprint density at radius 2 is 2.15 bits per heavy atom. The van der Waals surface area contributed by atoms with Crippen molar-refractivity contribution < 1.29 is 17.9 Å². The third-order valence-electron chi connectivity index (χ3n) is 3.26. The summed E-state index contributed by atoms with van der Waals surface area (Å²) in [5.41, 5.74) is -0.691. The number of hydrogen-bond acceptors (Lipinski definition) is 4. The van der Waals surface area contributed by atoms with Crippen molar-refractivity contribution in [2.24, 2.45) is 5.92 Å². The second-order valence-corrected chi connectivity index (χ2v) is 7.46. The molecule has 1 fully saturated rings. The molecule has 2 N–H and O–H groups in total. The first-order chi connectivity index (χ1) is 9.18. The number of rotatable bonds is 5. The number of ether oxygens (including phenoxy) is 1. The van der Waals surface area contributed by atoms with Crippen molar-refractivity contribution >= 4 is 27.9 Å². The summed E-state index contributed by atoms with van der Waals surface area (Å²) in [6.45, 7) is 5.35. The Morgan fingerprint density at radius 3 is 2.65 bits per heavy atom. The molecule has 8 heteroatoms. The molecule has 2 atom stereocenters. The van der Waals surface area contributed by atoms with Gasteiger partial charge < -0.3 is 4.74 Å². The lowest BCUT2D eigenvalue weighted by Gasteiger charge is -2.38. The lowest BCUT2D eigenvalue weighted by Crippen LogP contribution is -2.56. The van der Waals surface area contributed by atoms with Crippen LogP contribution in [0.4, 0.5) is 4.79 Å². The van der Waals surface area contributed by atoms with Crippen molar-refractivity contribution in [3.63, 3.8) is 0 Å². The van der Waals surface area contributed by atoms with Crippen LogP contribution in [0.3, 0.4) is 0 Å². The van der Waals surface area contributed by atoms with E-state index in [0.717, 1.165) is 12.8 Å². The van der Waals surface area contributed by atoms with E-state index >= 15 is 0 Å². The molecule has 1 amide bonds. The highest BCUT2D eigenvalue weighted by Gasteiger charge is 2.38. The van der Waals surface area contributed by atoms with Crippen LogP contribution in [0.5, 0.6) is 0 Å². The fraction of sp³-hybridized carbons (Fsp3) is 0.917. The van der Waals surface area contributed by atoms with Gasteiger partial charge in [0.15, 0.2) is 0 Å². The van der Waals surface area contributed by atoms with E-state index in [-0.39, 0.29) is 12.0 Å². The minimum Gasteiger partial charge on any atom is -0.446 e. The minimum absolute atomic E-state index is 0.178. The van der Waals surface area contributed by atoms with E-state index in [1.807, 2.05) is 4.72 Å². The molecule has 2 unspecified atom stereocenters. The van der Waals surface area contributed by atoms with E-state index in [1.54, 1.807) is 13.8 Å². The summed E-state index contributed by atoms with van der Waals surface area (Å²) in [6, 6.07) is 0.